The summed E-state index contributed by atoms with van der Waals surface area (Å²) in [6, 6.07) is 16.3. The topological polar surface area (TPSA) is 140 Å². The Balaban J connectivity index is 1.89. The fourth-order valence-electron chi connectivity index (χ4n) is 3.56. The first kappa shape index (κ1) is 29.9. The number of nitrogens with one attached hydrogen (secondary N) is 2. The highest BCUT2D eigenvalue weighted by Gasteiger charge is 2.30. The van der Waals surface area contributed by atoms with Crippen LogP contribution in [0.25, 0.3) is 0 Å². The molecule has 3 aromatic carbocycles. The Bertz CT molecular complexity index is 1380. The van der Waals surface area contributed by atoms with Crippen LogP contribution in [0.2, 0.25) is 0 Å². The van der Waals surface area contributed by atoms with Gasteiger partial charge in [-0.1, -0.05) is 28.1 Å². The van der Waals surface area contributed by atoms with Gasteiger partial charge in [-0.25, -0.2) is 4.79 Å². The normalized spacial score (nSPS) is 12.5. The van der Waals surface area contributed by atoms with E-state index in [1.54, 1.807) is 67.6 Å². The minimum absolute atomic E-state index is 0.106. The molecular formula is C28H27Br2N3O6. The lowest BCUT2D eigenvalue weighted by Gasteiger charge is -2.26. The van der Waals surface area contributed by atoms with Gasteiger partial charge in [0, 0.05) is 34.0 Å². The molecule has 0 bridgehead atoms. The van der Waals surface area contributed by atoms with Crippen molar-refractivity contribution in [3.05, 3.63) is 92.9 Å². The van der Waals surface area contributed by atoms with Crippen molar-refractivity contribution in [2.45, 2.75) is 26.1 Å². The summed E-state index contributed by atoms with van der Waals surface area (Å²) in [4.78, 5) is 37.1. The summed E-state index contributed by atoms with van der Waals surface area (Å²) in [5, 5.41) is 16.1. The highest BCUT2D eigenvalue weighted by Crippen LogP contribution is 2.39. The Morgan fingerprint density at radius 2 is 1.74 bits per heavy atom. The van der Waals surface area contributed by atoms with Crippen LogP contribution in [0.15, 0.2) is 81.8 Å². The summed E-state index contributed by atoms with van der Waals surface area (Å²) in [6.07, 6.45) is -0.296. The van der Waals surface area contributed by atoms with Gasteiger partial charge in [-0.2, -0.15) is 0 Å². The molecule has 39 heavy (non-hydrogen) atoms. The second-order valence-corrected chi connectivity index (χ2v) is 10.0. The molecule has 0 aliphatic carbocycles. The van der Waals surface area contributed by atoms with Crippen molar-refractivity contribution in [3.63, 3.8) is 0 Å². The van der Waals surface area contributed by atoms with Gasteiger partial charge in [0.15, 0.2) is 11.9 Å². The van der Waals surface area contributed by atoms with Crippen molar-refractivity contribution < 1.29 is 29.0 Å². The molecule has 0 radical (unpaired) electrons. The van der Waals surface area contributed by atoms with Crippen LogP contribution < -0.4 is 16.4 Å². The van der Waals surface area contributed by atoms with Gasteiger partial charge >= 0.3 is 6.09 Å². The Labute approximate surface area is 242 Å². The van der Waals surface area contributed by atoms with Crippen LogP contribution >= 0.6 is 31.9 Å². The molecule has 204 valence electrons. The zero-order valence-corrected chi connectivity index (χ0v) is 24.3. The van der Waals surface area contributed by atoms with Gasteiger partial charge in [0.1, 0.15) is 11.9 Å². The third kappa shape index (κ3) is 8.41. The lowest BCUT2D eigenvalue weighted by Crippen LogP contribution is -2.28. The SMILES string of the molecule is CCO[C@H](/C=C/C(=O)Nc1ccccc1N)[C@H](OC(=O)Nc1ccc(C(C)=O)cc1)c1cc(Br)cc(Br)c1O. The molecule has 0 heterocycles. The Morgan fingerprint density at radius 1 is 1.05 bits per heavy atom. The van der Waals surface area contributed by atoms with Crippen molar-refractivity contribution in [3.8, 4) is 5.75 Å². The van der Waals surface area contributed by atoms with Crippen molar-refractivity contribution >= 4 is 66.7 Å². The molecule has 0 saturated carbocycles. The van der Waals surface area contributed by atoms with E-state index in [0.717, 1.165) is 0 Å². The van der Waals surface area contributed by atoms with Gasteiger partial charge in [-0.05, 0) is 84.4 Å². The number of Topliss-reactive ketones (excluding diaryl/α,β-unsaturated/α-hetero) is 1. The maximum Gasteiger partial charge on any atom is 0.412 e. The van der Waals surface area contributed by atoms with Crippen molar-refractivity contribution in [1.82, 2.24) is 0 Å². The number of rotatable bonds is 10. The summed E-state index contributed by atoms with van der Waals surface area (Å²) in [5.74, 6) is -0.752. The zero-order valence-electron chi connectivity index (χ0n) is 21.1. The van der Waals surface area contributed by atoms with Crippen LogP contribution in [-0.4, -0.2) is 35.6 Å². The molecule has 0 spiro atoms. The second kappa shape index (κ2) is 13.9. The fraction of sp³-hybridized carbons (Fsp3) is 0.179. The van der Waals surface area contributed by atoms with Crippen LogP contribution in [0.3, 0.4) is 0 Å². The number of amides is 2. The van der Waals surface area contributed by atoms with E-state index in [1.807, 2.05) is 0 Å². The van der Waals surface area contributed by atoms with Gasteiger partial charge in [-0.3, -0.25) is 14.9 Å². The predicted molar refractivity (Wildman–Crippen MR) is 157 cm³/mol. The molecule has 0 aliphatic rings. The quantitative estimate of drug-likeness (QED) is 0.109. The van der Waals surface area contributed by atoms with E-state index in [4.69, 9.17) is 15.2 Å². The van der Waals surface area contributed by atoms with Gasteiger partial charge in [0.25, 0.3) is 0 Å². The molecule has 2 atom stereocenters. The molecule has 11 heteroatoms. The van der Waals surface area contributed by atoms with Crippen LogP contribution in [0.5, 0.6) is 5.75 Å². The van der Waals surface area contributed by atoms with E-state index in [1.165, 1.54) is 19.1 Å². The summed E-state index contributed by atoms with van der Waals surface area (Å²) >= 11 is 6.69. The highest BCUT2D eigenvalue weighted by atomic mass is 79.9. The molecule has 0 aromatic heterocycles. The number of nitrogen functional groups attached to an aromatic ring is 1. The monoisotopic (exact) mass is 659 g/mol. The van der Waals surface area contributed by atoms with Gasteiger partial charge in [-0.15, -0.1) is 0 Å². The first-order chi connectivity index (χ1) is 18.6. The van der Waals surface area contributed by atoms with Crippen molar-refractivity contribution in [2.24, 2.45) is 0 Å². The minimum Gasteiger partial charge on any atom is -0.506 e. The largest absolute Gasteiger partial charge is 0.506 e. The predicted octanol–water partition coefficient (Wildman–Crippen LogP) is 6.59. The molecule has 0 unspecified atom stereocenters. The average molecular weight is 661 g/mol. The molecule has 2 amide bonds. The number of carbonyl (C=O) groups excluding carboxylic acids is 3. The van der Waals surface area contributed by atoms with Crippen LogP contribution in [0, 0.1) is 0 Å². The summed E-state index contributed by atoms with van der Waals surface area (Å²) in [5.41, 5.74) is 7.86. The Morgan fingerprint density at radius 3 is 2.38 bits per heavy atom. The van der Waals surface area contributed by atoms with Gasteiger partial charge < -0.3 is 25.6 Å². The number of phenols is 1. The summed E-state index contributed by atoms with van der Waals surface area (Å²) < 4.78 is 12.5. The molecule has 9 nitrogen and oxygen atoms in total. The van der Waals surface area contributed by atoms with E-state index >= 15 is 0 Å². The Hall–Kier alpha value is -3.67. The molecule has 3 aromatic rings. The fourth-order valence-corrected chi connectivity index (χ4v) is 4.82. The molecule has 5 N–H and O–H groups in total. The van der Waals surface area contributed by atoms with E-state index in [-0.39, 0.29) is 23.7 Å². The number of hydrogen-bond acceptors (Lipinski definition) is 7. The van der Waals surface area contributed by atoms with Gasteiger partial charge in [0.2, 0.25) is 5.91 Å². The summed E-state index contributed by atoms with van der Waals surface area (Å²) in [6.45, 7) is 3.41. The number of anilines is 3. The number of aromatic hydroxyl groups is 1. The van der Waals surface area contributed by atoms with E-state index < -0.39 is 24.2 Å². The zero-order chi connectivity index (χ0) is 28.5. The van der Waals surface area contributed by atoms with Crippen molar-refractivity contribution in [1.29, 1.82) is 0 Å². The number of hydrogen-bond donors (Lipinski definition) is 4. The van der Waals surface area contributed by atoms with E-state index in [0.29, 0.717) is 31.6 Å². The third-order valence-corrected chi connectivity index (χ3v) is 6.51. The van der Waals surface area contributed by atoms with Crippen LogP contribution in [-0.2, 0) is 14.3 Å². The van der Waals surface area contributed by atoms with Crippen LogP contribution in [0.4, 0.5) is 21.9 Å². The third-order valence-electron chi connectivity index (χ3n) is 5.45. The lowest BCUT2D eigenvalue weighted by molar-refractivity contribution is -0.112. The molecular weight excluding hydrogens is 634 g/mol. The standard InChI is InChI=1S/C28H27Br2N3O6/c1-3-38-24(12-13-25(35)33-23-7-5-4-6-22(23)31)27(20-14-18(29)15-21(30)26(20)36)39-28(37)32-19-10-8-17(9-11-19)16(2)34/h4-15,24,27,36H,3,31H2,1-2H3,(H,32,37)(H,33,35)/b13-12+/t24-,27-/m1/s1. The number of halogens is 2. The van der Waals surface area contributed by atoms with Gasteiger partial charge in [0.05, 0.1) is 15.8 Å². The summed E-state index contributed by atoms with van der Waals surface area (Å²) in [7, 11) is 0. The van der Waals surface area contributed by atoms with Crippen molar-refractivity contribution in [2.75, 3.05) is 23.0 Å². The second-order valence-electron chi connectivity index (χ2n) is 8.27. The highest BCUT2D eigenvalue weighted by molar-refractivity contribution is 9.11. The first-order valence-corrected chi connectivity index (χ1v) is 13.4. The number of ketones is 1. The lowest BCUT2D eigenvalue weighted by atomic mass is 10.0. The number of para-hydroxylation sites is 2. The number of nitrogens with two attached hydrogens (primary N) is 1. The first-order valence-electron chi connectivity index (χ1n) is 11.8. The number of phenolic OH excluding ortho intramolecular Hbond substituents is 1. The number of carbonyl (C=O) groups is 3. The average Bonchev–Trinajstić information content (AvgIpc) is 2.89. The smallest absolute Gasteiger partial charge is 0.412 e. The molecule has 0 saturated heterocycles. The molecule has 0 fully saturated rings. The van der Waals surface area contributed by atoms with E-state index in [2.05, 4.69) is 42.5 Å². The van der Waals surface area contributed by atoms with Crippen LogP contribution in [0.1, 0.15) is 35.9 Å². The molecule has 3 rings (SSSR count). The molecule has 0 aliphatic heterocycles. The Kier molecular flexibility index (Phi) is 10.7. The number of ether oxygens (including phenoxy) is 2. The maximum atomic E-state index is 12.9. The maximum absolute atomic E-state index is 12.9. The van der Waals surface area contributed by atoms with E-state index in [9.17, 15) is 19.5 Å². The number of benzene rings is 3. The minimum atomic E-state index is -1.17.